The van der Waals surface area contributed by atoms with Gasteiger partial charge in [-0.3, -0.25) is 10.1 Å². The average Bonchev–Trinajstić information content (AvgIpc) is 3.09. The number of amides is 1. The Morgan fingerprint density at radius 3 is 2.52 bits per heavy atom. The van der Waals surface area contributed by atoms with Crippen molar-refractivity contribution in [1.29, 1.82) is 0 Å². The molecule has 150 valence electrons. The highest BCUT2D eigenvalue weighted by Crippen LogP contribution is 2.26. The molecule has 5 heteroatoms. The smallest absolute Gasteiger partial charge is 0.257 e. The maximum Gasteiger partial charge on any atom is 0.257 e. The lowest BCUT2D eigenvalue weighted by Gasteiger charge is -2.22. The molecule has 0 bridgehead atoms. The number of nitrogens with zero attached hydrogens (tertiary/aromatic N) is 1. The van der Waals surface area contributed by atoms with Gasteiger partial charge in [0.1, 0.15) is 13.1 Å². The number of hydrogen-bond acceptors (Lipinski definition) is 3. The first-order valence-corrected chi connectivity index (χ1v) is 11.0. The molecular formula is C24H28N3OS+. The molecule has 1 amide bonds. The molecule has 0 saturated heterocycles. The summed E-state index contributed by atoms with van der Waals surface area (Å²) < 4.78 is 0. The molecule has 4 nitrogen and oxygen atoms in total. The van der Waals surface area contributed by atoms with Crippen molar-refractivity contribution < 1.29 is 9.69 Å². The van der Waals surface area contributed by atoms with Gasteiger partial charge in [-0.15, -0.1) is 0 Å². The van der Waals surface area contributed by atoms with E-state index in [1.54, 1.807) is 16.2 Å². The van der Waals surface area contributed by atoms with Crippen molar-refractivity contribution in [3.05, 3.63) is 81.9 Å². The highest BCUT2D eigenvalue weighted by Gasteiger charge is 2.24. The number of rotatable bonds is 4. The zero-order valence-corrected chi connectivity index (χ0v) is 18.1. The Kier molecular flexibility index (Phi) is 5.52. The van der Waals surface area contributed by atoms with Crippen molar-refractivity contribution >= 4 is 22.4 Å². The monoisotopic (exact) mass is 406 g/mol. The van der Waals surface area contributed by atoms with E-state index in [0.717, 1.165) is 31.7 Å². The quantitative estimate of drug-likeness (QED) is 0.692. The van der Waals surface area contributed by atoms with Gasteiger partial charge in [0, 0.05) is 17.5 Å². The van der Waals surface area contributed by atoms with Crippen LogP contribution < -0.4 is 10.2 Å². The number of thiazole rings is 1. The number of fused-ring (bicyclic) bond motifs is 1. The van der Waals surface area contributed by atoms with Gasteiger partial charge in [-0.2, -0.15) is 0 Å². The fraction of sp³-hybridized carbons (Fsp3) is 0.333. The Bertz CT molecular complexity index is 987. The van der Waals surface area contributed by atoms with Crippen LogP contribution in [0.25, 0.3) is 0 Å². The summed E-state index contributed by atoms with van der Waals surface area (Å²) in [6, 6.07) is 18.5. The lowest BCUT2D eigenvalue weighted by atomic mass is 9.87. The summed E-state index contributed by atoms with van der Waals surface area (Å²) in [6.45, 7) is 9.59. The van der Waals surface area contributed by atoms with Gasteiger partial charge in [-0.25, -0.2) is 4.98 Å². The maximum absolute atomic E-state index is 12.6. The third kappa shape index (κ3) is 4.74. The molecule has 1 unspecified atom stereocenters. The molecule has 0 fully saturated rings. The topological polar surface area (TPSA) is 46.4 Å². The minimum absolute atomic E-state index is 0.0807. The van der Waals surface area contributed by atoms with E-state index in [-0.39, 0.29) is 11.3 Å². The number of aromatic nitrogens is 1. The second-order valence-electron chi connectivity index (χ2n) is 8.76. The summed E-state index contributed by atoms with van der Waals surface area (Å²) in [5.74, 6) is -0.0926. The van der Waals surface area contributed by atoms with E-state index in [0.29, 0.717) is 10.7 Å². The molecule has 3 aromatic rings. The minimum Gasteiger partial charge on any atom is -0.326 e. The molecule has 2 aromatic carbocycles. The first-order chi connectivity index (χ1) is 13.9. The van der Waals surface area contributed by atoms with Crippen molar-refractivity contribution in [1.82, 2.24) is 4.98 Å². The average molecular weight is 407 g/mol. The minimum atomic E-state index is -0.0926. The van der Waals surface area contributed by atoms with Crippen LogP contribution in [0.1, 0.15) is 52.8 Å². The summed E-state index contributed by atoms with van der Waals surface area (Å²) in [7, 11) is 0. The van der Waals surface area contributed by atoms with Crippen LogP contribution in [-0.2, 0) is 24.9 Å². The number of benzene rings is 2. The third-order valence-corrected chi connectivity index (χ3v) is 6.45. The van der Waals surface area contributed by atoms with Gasteiger partial charge in [0.15, 0.2) is 5.13 Å². The lowest BCUT2D eigenvalue weighted by Crippen LogP contribution is -3.10. The van der Waals surface area contributed by atoms with Gasteiger partial charge in [0.2, 0.25) is 0 Å². The fourth-order valence-electron chi connectivity index (χ4n) is 3.71. The third-order valence-electron chi connectivity index (χ3n) is 5.43. The SMILES string of the molecule is CC(C)(C)c1ccc(C(=O)Nc2nc3c(s2)C[NH+](Cc2ccccc2)CC3)cc1. The van der Waals surface area contributed by atoms with E-state index in [9.17, 15) is 4.79 Å². The molecule has 0 aliphatic carbocycles. The molecule has 1 atom stereocenters. The number of nitrogens with one attached hydrogen (secondary N) is 2. The molecular weight excluding hydrogens is 378 g/mol. The van der Waals surface area contributed by atoms with Crippen molar-refractivity contribution in [3.63, 3.8) is 0 Å². The lowest BCUT2D eigenvalue weighted by molar-refractivity contribution is -0.929. The van der Waals surface area contributed by atoms with Crippen LogP contribution >= 0.6 is 11.3 Å². The fourth-order valence-corrected chi connectivity index (χ4v) is 4.78. The summed E-state index contributed by atoms with van der Waals surface area (Å²) in [4.78, 5) is 20.2. The van der Waals surface area contributed by atoms with Gasteiger partial charge in [0.05, 0.1) is 17.1 Å². The van der Waals surface area contributed by atoms with Gasteiger partial charge in [-0.05, 0) is 23.1 Å². The predicted octanol–water partition coefficient (Wildman–Crippen LogP) is 3.83. The van der Waals surface area contributed by atoms with Crippen molar-refractivity contribution in [2.75, 3.05) is 11.9 Å². The van der Waals surface area contributed by atoms with E-state index in [2.05, 4.69) is 61.4 Å². The van der Waals surface area contributed by atoms with E-state index in [1.165, 1.54) is 16.0 Å². The summed E-state index contributed by atoms with van der Waals surface area (Å²) >= 11 is 1.62. The zero-order valence-electron chi connectivity index (χ0n) is 17.3. The summed E-state index contributed by atoms with van der Waals surface area (Å²) in [5, 5.41) is 3.71. The predicted molar refractivity (Wildman–Crippen MR) is 119 cm³/mol. The molecule has 0 spiro atoms. The Labute approximate surface area is 176 Å². The van der Waals surface area contributed by atoms with E-state index >= 15 is 0 Å². The standard InChI is InChI=1S/C24H27N3OS/c1-24(2,3)19-11-9-18(10-12-19)22(28)26-23-25-20-13-14-27(16-21(20)29-23)15-17-7-5-4-6-8-17/h4-12H,13-16H2,1-3H3,(H,25,26,28)/p+1. The van der Waals surface area contributed by atoms with Gasteiger partial charge < -0.3 is 4.90 Å². The number of carbonyl (C=O) groups is 1. The van der Waals surface area contributed by atoms with Crippen LogP contribution in [0.4, 0.5) is 5.13 Å². The van der Waals surface area contributed by atoms with Crippen LogP contribution in [0.5, 0.6) is 0 Å². The van der Waals surface area contributed by atoms with Crippen molar-refractivity contribution in [3.8, 4) is 0 Å². The van der Waals surface area contributed by atoms with Crippen LogP contribution in [0, 0.1) is 0 Å². The molecule has 1 aliphatic rings. The largest absolute Gasteiger partial charge is 0.326 e. The van der Waals surface area contributed by atoms with Crippen LogP contribution in [0.15, 0.2) is 54.6 Å². The first kappa shape index (κ1) is 19.8. The first-order valence-electron chi connectivity index (χ1n) is 10.2. The summed E-state index contributed by atoms with van der Waals surface area (Å²) in [6.07, 6.45) is 0.962. The molecule has 4 rings (SSSR count). The van der Waals surface area contributed by atoms with Crippen molar-refractivity contribution in [2.24, 2.45) is 0 Å². The second kappa shape index (κ2) is 8.09. The van der Waals surface area contributed by atoms with Crippen LogP contribution in [-0.4, -0.2) is 17.4 Å². The van der Waals surface area contributed by atoms with E-state index in [4.69, 9.17) is 0 Å². The number of hydrogen-bond donors (Lipinski definition) is 2. The Morgan fingerprint density at radius 1 is 1.10 bits per heavy atom. The van der Waals surface area contributed by atoms with E-state index < -0.39 is 0 Å². The van der Waals surface area contributed by atoms with E-state index in [1.807, 2.05) is 24.3 Å². The maximum atomic E-state index is 12.6. The molecule has 2 N–H and O–H groups in total. The van der Waals surface area contributed by atoms with Crippen LogP contribution in [0.2, 0.25) is 0 Å². The Hall–Kier alpha value is -2.50. The van der Waals surface area contributed by atoms with Gasteiger partial charge in [-0.1, -0.05) is 74.6 Å². The normalized spacial score (nSPS) is 16.3. The number of anilines is 1. The molecule has 0 radical (unpaired) electrons. The highest BCUT2D eigenvalue weighted by atomic mass is 32.1. The molecule has 0 saturated carbocycles. The summed E-state index contributed by atoms with van der Waals surface area (Å²) in [5.41, 5.74) is 4.48. The molecule has 2 heterocycles. The molecule has 1 aromatic heterocycles. The van der Waals surface area contributed by atoms with Gasteiger partial charge >= 0.3 is 0 Å². The van der Waals surface area contributed by atoms with Crippen LogP contribution in [0.3, 0.4) is 0 Å². The van der Waals surface area contributed by atoms with Gasteiger partial charge in [0.25, 0.3) is 5.91 Å². The molecule has 29 heavy (non-hydrogen) atoms. The Morgan fingerprint density at radius 2 is 1.83 bits per heavy atom. The second-order valence-corrected chi connectivity index (χ2v) is 9.84. The van der Waals surface area contributed by atoms with Crippen molar-refractivity contribution in [2.45, 2.75) is 45.7 Å². The number of carbonyl (C=O) groups excluding carboxylic acids is 1. The highest BCUT2D eigenvalue weighted by molar-refractivity contribution is 7.15. The molecule has 1 aliphatic heterocycles. The number of quaternary nitrogens is 1. The Balaban J connectivity index is 1.41. The zero-order chi connectivity index (χ0) is 20.4.